The van der Waals surface area contributed by atoms with Crippen molar-refractivity contribution < 1.29 is 19.7 Å². The fourth-order valence-corrected chi connectivity index (χ4v) is 2.86. The highest BCUT2D eigenvalue weighted by molar-refractivity contribution is 5.64. The van der Waals surface area contributed by atoms with Crippen molar-refractivity contribution in [3.05, 3.63) is 29.8 Å². The number of ether oxygens (including phenoxy) is 1. The summed E-state index contributed by atoms with van der Waals surface area (Å²) in [6.45, 7) is 6.65. The topological polar surface area (TPSA) is 103 Å². The quantitative estimate of drug-likeness (QED) is 0.500. The minimum atomic E-state index is -0.917. The minimum Gasteiger partial charge on any atom is -0.497 e. The molecular weight excluding hydrogens is 346 g/mol. The van der Waals surface area contributed by atoms with Crippen LogP contribution in [0.3, 0.4) is 0 Å². The molecule has 0 radical (unpaired) electrons. The third kappa shape index (κ3) is 12.2. The molecule has 2 atom stereocenters. The van der Waals surface area contributed by atoms with E-state index >= 15 is 0 Å². The van der Waals surface area contributed by atoms with Crippen molar-refractivity contribution in [1.29, 1.82) is 0 Å². The molecule has 0 bridgehead atoms. The molecule has 1 aromatic rings. The lowest BCUT2D eigenvalue weighted by molar-refractivity contribution is 0.194. The van der Waals surface area contributed by atoms with Gasteiger partial charge in [0.25, 0.3) is 0 Å². The van der Waals surface area contributed by atoms with Crippen molar-refractivity contribution in [1.82, 2.24) is 16.0 Å². The maximum atomic E-state index is 10.1. The third-order valence-electron chi connectivity index (χ3n) is 4.52. The zero-order chi connectivity index (χ0) is 19.9. The van der Waals surface area contributed by atoms with E-state index in [0.717, 1.165) is 57.1 Å². The van der Waals surface area contributed by atoms with Gasteiger partial charge in [0.2, 0.25) is 0 Å². The highest BCUT2D eigenvalue weighted by Crippen LogP contribution is 2.13. The van der Waals surface area contributed by atoms with Gasteiger partial charge in [-0.2, -0.15) is 0 Å². The first-order valence-corrected chi connectivity index (χ1v) is 9.68. The van der Waals surface area contributed by atoms with Crippen molar-refractivity contribution in [2.75, 3.05) is 39.8 Å². The monoisotopic (exact) mass is 381 g/mol. The summed E-state index contributed by atoms with van der Waals surface area (Å²) in [5.74, 6) is 1.68. The molecule has 1 aromatic carbocycles. The number of aliphatic hydroxyl groups is 1. The predicted molar refractivity (Wildman–Crippen MR) is 107 cm³/mol. The van der Waals surface area contributed by atoms with Crippen molar-refractivity contribution >= 4 is 6.09 Å². The van der Waals surface area contributed by atoms with Crippen molar-refractivity contribution in [2.24, 2.45) is 5.92 Å². The van der Waals surface area contributed by atoms with Crippen molar-refractivity contribution in [2.45, 2.75) is 38.7 Å². The first-order chi connectivity index (χ1) is 13.0. The lowest BCUT2D eigenvalue weighted by Crippen LogP contribution is -2.22. The number of amides is 1. The van der Waals surface area contributed by atoms with Gasteiger partial charge >= 0.3 is 6.09 Å². The number of carboxylic acid groups (broad SMARTS) is 1. The number of benzene rings is 1. The van der Waals surface area contributed by atoms with Gasteiger partial charge in [-0.05, 0) is 70.3 Å². The Bertz CT molecular complexity index is 498. The molecule has 0 spiro atoms. The molecule has 2 heterocycles. The Hall–Kier alpha value is -1.83. The van der Waals surface area contributed by atoms with Crippen molar-refractivity contribution in [3.63, 3.8) is 0 Å². The van der Waals surface area contributed by atoms with Crippen LogP contribution in [0.15, 0.2) is 24.3 Å². The van der Waals surface area contributed by atoms with Gasteiger partial charge in [-0.3, -0.25) is 0 Å². The first kappa shape index (κ1) is 23.2. The molecule has 0 saturated carbocycles. The number of hydrogen-bond donors (Lipinski definition) is 5. The van der Waals surface area contributed by atoms with Gasteiger partial charge in [0.1, 0.15) is 5.75 Å². The number of β-amino-alcohol motifs (C(OH)–C–C–N with tert-alkyl or cyclic N) is 1. The van der Waals surface area contributed by atoms with Crippen LogP contribution >= 0.6 is 0 Å². The van der Waals surface area contributed by atoms with Crippen molar-refractivity contribution in [3.8, 4) is 5.75 Å². The lowest BCUT2D eigenvalue weighted by Gasteiger charge is -2.06. The molecule has 27 heavy (non-hydrogen) atoms. The SMILES string of the molecule is COc1ccc(C)cc1.O=C(O)NCCCC1CCNC1.OC1CCNC1. The predicted octanol–water partition coefficient (Wildman–Crippen LogP) is 1.99. The lowest BCUT2D eigenvalue weighted by atomic mass is 10.0. The standard InChI is InChI=1S/C8H16N2O2.C8H10O.C4H9NO/c11-8(12)10-4-1-2-7-3-5-9-6-7;1-7-3-5-8(9-2)6-4-7;6-4-1-2-5-3-4/h7,9-10H,1-6H2,(H,11,12);3-6H,1-2H3;4-6H,1-3H2. The molecule has 2 aliphatic rings. The summed E-state index contributed by atoms with van der Waals surface area (Å²) in [5, 5.41) is 25.6. The smallest absolute Gasteiger partial charge is 0.404 e. The molecule has 5 N–H and O–H groups in total. The number of carbonyl (C=O) groups is 1. The molecule has 0 aromatic heterocycles. The van der Waals surface area contributed by atoms with E-state index in [1.165, 1.54) is 12.0 Å². The summed E-state index contributed by atoms with van der Waals surface area (Å²) in [5.41, 5.74) is 1.26. The van der Waals surface area contributed by atoms with Crippen LogP contribution in [0.5, 0.6) is 5.75 Å². The molecular formula is C20H35N3O4. The van der Waals surface area contributed by atoms with Crippen LogP contribution in [0, 0.1) is 12.8 Å². The Morgan fingerprint density at radius 3 is 2.30 bits per heavy atom. The number of nitrogens with one attached hydrogen (secondary N) is 3. The van der Waals surface area contributed by atoms with Gasteiger partial charge in [0.05, 0.1) is 13.2 Å². The Morgan fingerprint density at radius 2 is 1.85 bits per heavy atom. The van der Waals surface area contributed by atoms with E-state index in [1.54, 1.807) is 7.11 Å². The number of rotatable bonds is 5. The molecule has 2 fully saturated rings. The summed E-state index contributed by atoms with van der Waals surface area (Å²) in [6, 6.07) is 7.96. The third-order valence-corrected chi connectivity index (χ3v) is 4.52. The van der Waals surface area contributed by atoms with Crippen LogP contribution in [0.25, 0.3) is 0 Å². The highest BCUT2D eigenvalue weighted by atomic mass is 16.5. The zero-order valence-electron chi connectivity index (χ0n) is 16.5. The molecule has 3 rings (SSSR count). The second-order valence-electron chi connectivity index (χ2n) is 6.90. The van der Waals surface area contributed by atoms with Gasteiger partial charge in [0.15, 0.2) is 0 Å². The summed E-state index contributed by atoms with van der Waals surface area (Å²) in [6.07, 6.45) is 3.28. The number of aliphatic hydroxyl groups excluding tert-OH is 1. The molecule has 0 aliphatic carbocycles. The Morgan fingerprint density at radius 1 is 1.19 bits per heavy atom. The average molecular weight is 382 g/mol. The molecule has 2 unspecified atom stereocenters. The van der Waals surface area contributed by atoms with E-state index in [2.05, 4.69) is 22.9 Å². The molecule has 154 valence electrons. The summed E-state index contributed by atoms with van der Waals surface area (Å²) in [7, 11) is 1.67. The largest absolute Gasteiger partial charge is 0.497 e. The molecule has 7 heteroatoms. The van der Waals surface area contributed by atoms with Gasteiger partial charge in [0, 0.05) is 13.1 Å². The first-order valence-electron chi connectivity index (χ1n) is 9.68. The molecule has 2 saturated heterocycles. The maximum absolute atomic E-state index is 10.1. The number of hydrogen-bond acceptors (Lipinski definition) is 5. The Kier molecular flexibility index (Phi) is 12.3. The van der Waals surface area contributed by atoms with Crippen LogP contribution in [0.1, 0.15) is 31.2 Å². The van der Waals surface area contributed by atoms with Crippen LogP contribution in [0.2, 0.25) is 0 Å². The van der Waals surface area contributed by atoms with Gasteiger partial charge in [-0.15, -0.1) is 0 Å². The zero-order valence-corrected chi connectivity index (χ0v) is 16.5. The normalized spacial score (nSPS) is 20.7. The van der Waals surface area contributed by atoms with Crippen LogP contribution in [-0.4, -0.2) is 62.2 Å². The summed E-state index contributed by atoms with van der Waals surface area (Å²) in [4.78, 5) is 10.1. The van der Waals surface area contributed by atoms with Gasteiger partial charge < -0.3 is 30.9 Å². The Labute approximate surface area is 162 Å². The summed E-state index contributed by atoms with van der Waals surface area (Å²) < 4.78 is 4.97. The molecule has 1 amide bonds. The fourth-order valence-electron chi connectivity index (χ4n) is 2.86. The highest BCUT2D eigenvalue weighted by Gasteiger charge is 2.13. The van der Waals surface area contributed by atoms with E-state index in [0.29, 0.717) is 6.54 Å². The molecule has 2 aliphatic heterocycles. The second-order valence-corrected chi connectivity index (χ2v) is 6.90. The van der Waals surface area contributed by atoms with Gasteiger partial charge in [-0.25, -0.2) is 4.79 Å². The number of methoxy groups -OCH3 is 1. The van der Waals surface area contributed by atoms with Gasteiger partial charge in [-0.1, -0.05) is 17.7 Å². The number of aryl methyl sites for hydroxylation is 1. The van der Waals surface area contributed by atoms with E-state index in [-0.39, 0.29) is 6.10 Å². The Balaban J connectivity index is 0.000000214. The van der Waals surface area contributed by atoms with Crippen LogP contribution < -0.4 is 20.7 Å². The van der Waals surface area contributed by atoms with E-state index < -0.39 is 6.09 Å². The molecule has 7 nitrogen and oxygen atoms in total. The maximum Gasteiger partial charge on any atom is 0.404 e. The van der Waals surface area contributed by atoms with E-state index in [1.807, 2.05) is 24.3 Å². The summed E-state index contributed by atoms with van der Waals surface area (Å²) >= 11 is 0. The van der Waals surface area contributed by atoms with E-state index in [4.69, 9.17) is 14.9 Å². The fraction of sp³-hybridized carbons (Fsp3) is 0.650. The minimum absolute atomic E-state index is 0.0648. The van der Waals surface area contributed by atoms with E-state index in [9.17, 15) is 4.79 Å². The average Bonchev–Trinajstić information content (AvgIpc) is 3.34. The van der Waals surface area contributed by atoms with Crippen LogP contribution in [-0.2, 0) is 0 Å². The second kappa shape index (κ2) is 14.3. The van der Waals surface area contributed by atoms with Crippen LogP contribution in [0.4, 0.5) is 4.79 Å².